The van der Waals surface area contributed by atoms with Crippen molar-refractivity contribution in [1.82, 2.24) is 4.90 Å². The molecule has 8 nitrogen and oxygen atoms in total. The maximum absolute atomic E-state index is 14.6. The van der Waals surface area contributed by atoms with Gasteiger partial charge in [-0.1, -0.05) is 48.5 Å². The van der Waals surface area contributed by atoms with Gasteiger partial charge in [-0.2, -0.15) is 13.2 Å². The van der Waals surface area contributed by atoms with Crippen LogP contribution in [0.1, 0.15) is 55.4 Å². The van der Waals surface area contributed by atoms with E-state index in [2.05, 4.69) is 0 Å². The molecule has 3 aromatic rings. The summed E-state index contributed by atoms with van der Waals surface area (Å²) >= 11 is 0. The van der Waals surface area contributed by atoms with E-state index in [0.29, 0.717) is 11.3 Å². The van der Waals surface area contributed by atoms with Crippen LogP contribution in [-0.2, 0) is 33.5 Å². The highest BCUT2D eigenvalue weighted by atomic mass is 19.4. The van der Waals surface area contributed by atoms with Gasteiger partial charge in [-0.25, -0.2) is 4.79 Å². The first-order chi connectivity index (χ1) is 21.6. The molecule has 4 atom stereocenters. The van der Waals surface area contributed by atoms with Gasteiger partial charge < -0.3 is 24.2 Å². The van der Waals surface area contributed by atoms with Crippen LogP contribution < -0.4 is 9.64 Å². The number of anilines is 1. The number of nitrogens with zero attached hydrogens (tertiary/aromatic N) is 2. The van der Waals surface area contributed by atoms with Crippen LogP contribution in [0.25, 0.3) is 0 Å². The standard InChI is InChI=1S/C35H39F3N2O6/c1-33(2,3)46-32(42)40-20-25(45-21-22-10-7-6-8-11-22)18-30(40)34(43)28(23-14-16-24(44-5)17-15-23)19-26-27(35(36,37)38)12-9-13-29(26)39(4)31(34)41/h6-17,25,28,30,43H,18-21H2,1-5H3. The molecule has 246 valence electrons. The molecule has 0 spiro atoms. The molecule has 0 bridgehead atoms. The molecular formula is C35H39F3N2O6. The molecule has 0 radical (unpaired) electrons. The van der Waals surface area contributed by atoms with Crippen molar-refractivity contribution in [1.29, 1.82) is 0 Å². The largest absolute Gasteiger partial charge is 0.497 e. The molecule has 11 heteroatoms. The minimum absolute atomic E-state index is 0.00179. The second-order valence-corrected chi connectivity index (χ2v) is 12.8. The SMILES string of the molecule is COc1ccc(C2Cc3c(cccc3C(F)(F)F)N(C)C(=O)C2(O)C2CC(OCc3ccccc3)CN2C(=O)OC(C)(C)C)cc1. The number of alkyl halides is 3. The molecule has 2 aliphatic rings. The van der Waals surface area contributed by atoms with Crippen LogP contribution >= 0.6 is 0 Å². The molecule has 0 saturated carbocycles. The maximum atomic E-state index is 14.6. The van der Waals surface area contributed by atoms with Gasteiger partial charge in [-0.3, -0.25) is 9.69 Å². The zero-order valence-electron chi connectivity index (χ0n) is 26.5. The van der Waals surface area contributed by atoms with Crippen LogP contribution in [0.5, 0.6) is 5.75 Å². The number of methoxy groups -OCH3 is 1. The predicted octanol–water partition coefficient (Wildman–Crippen LogP) is 6.34. The molecule has 2 amide bonds. The number of hydrogen-bond acceptors (Lipinski definition) is 6. The second-order valence-electron chi connectivity index (χ2n) is 12.8. The number of ether oxygens (including phenoxy) is 3. The third-order valence-electron chi connectivity index (χ3n) is 8.65. The van der Waals surface area contributed by atoms with Crippen LogP contribution in [0.2, 0.25) is 0 Å². The Hall–Kier alpha value is -4.09. The van der Waals surface area contributed by atoms with E-state index < -0.39 is 53.0 Å². The number of halogens is 3. The van der Waals surface area contributed by atoms with Crippen molar-refractivity contribution in [2.75, 3.05) is 25.6 Å². The lowest BCUT2D eigenvalue weighted by atomic mass is 9.72. The average Bonchev–Trinajstić information content (AvgIpc) is 3.43. The quantitative estimate of drug-likeness (QED) is 0.338. The van der Waals surface area contributed by atoms with E-state index in [-0.39, 0.29) is 37.2 Å². The summed E-state index contributed by atoms with van der Waals surface area (Å²) in [6.45, 7) is 5.33. The summed E-state index contributed by atoms with van der Waals surface area (Å²) in [5.74, 6) is -1.54. The summed E-state index contributed by atoms with van der Waals surface area (Å²) in [4.78, 5) is 30.7. The second kappa shape index (κ2) is 12.6. The van der Waals surface area contributed by atoms with Gasteiger partial charge in [0.05, 0.1) is 38.0 Å². The summed E-state index contributed by atoms with van der Waals surface area (Å²) < 4.78 is 60.4. The molecule has 1 N–H and O–H groups in total. The number of carbonyl (C=O) groups excluding carboxylic acids is 2. The molecule has 5 rings (SSSR count). The summed E-state index contributed by atoms with van der Waals surface area (Å²) in [6, 6.07) is 18.4. The number of likely N-dealkylation sites (N-methyl/N-ethyl adjacent to an activating group) is 1. The normalized spacial score (nSPS) is 23.6. The number of fused-ring (bicyclic) bond motifs is 1. The first kappa shape index (κ1) is 33.3. The minimum Gasteiger partial charge on any atom is -0.497 e. The molecule has 2 aliphatic heterocycles. The lowest BCUT2D eigenvalue weighted by Crippen LogP contribution is -2.63. The Bertz CT molecular complexity index is 1560. The first-order valence-electron chi connectivity index (χ1n) is 15.1. The van der Waals surface area contributed by atoms with Crippen molar-refractivity contribution in [3.05, 3.63) is 95.1 Å². The summed E-state index contributed by atoms with van der Waals surface area (Å²) in [5.41, 5.74) is -2.96. The van der Waals surface area contributed by atoms with E-state index in [4.69, 9.17) is 14.2 Å². The van der Waals surface area contributed by atoms with Crippen molar-refractivity contribution in [2.24, 2.45) is 0 Å². The summed E-state index contributed by atoms with van der Waals surface area (Å²) in [6.07, 6.45) is -6.38. The van der Waals surface area contributed by atoms with Gasteiger partial charge in [-0.05, 0) is 74.6 Å². The van der Waals surface area contributed by atoms with Crippen LogP contribution in [0.15, 0.2) is 72.8 Å². The van der Waals surface area contributed by atoms with Gasteiger partial charge in [0.25, 0.3) is 5.91 Å². The molecule has 0 aliphatic carbocycles. The Kier molecular flexibility index (Phi) is 9.12. The molecule has 1 saturated heterocycles. The monoisotopic (exact) mass is 640 g/mol. The number of hydrogen-bond donors (Lipinski definition) is 1. The van der Waals surface area contributed by atoms with Gasteiger partial charge in [0.1, 0.15) is 11.4 Å². The maximum Gasteiger partial charge on any atom is 0.416 e. The van der Waals surface area contributed by atoms with Crippen molar-refractivity contribution < 1.29 is 42.1 Å². The highest BCUT2D eigenvalue weighted by Crippen LogP contribution is 2.48. The number of amides is 2. The van der Waals surface area contributed by atoms with E-state index >= 15 is 0 Å². The van der Waals surface area contributed by atoms with Gasteiger partial charge >= 0.3 is 12.3 Å². The lowest BCUT2D eigenvalue weighted by Gasteiger charge is -2.43. The average molecular weight is 641 g/mol. The number of likely N-dealkylation sites (tertiary alicyclic amines) is 1. The Morgan fingerprint density at radius 3 is 2.28 bits per heavy atom. The zero-order valence-corrected chi connectivity index (χ0v) is 26.5. The highest BCUT2D eigenvalue weighted by Gasteiger charge is 2.60. The van der Waals surface area contributed by atoms with Crippen LogP contribution in [0.3, 0.4) is 0 Å². The van der Waals surface area contributed by atoms with Crippen LogP contribution in [0.4, 0.5) is 23.7 Å². The Labute approximate surface area is 266 Å². The third kappa shape index (κ3) is 6.57. The topological polar surface area (TPSA) is 88.5 Å². The van der Waals surface area contributed by atoms with Crippen molar-refractivity contribution >= 4 is 17.7 Å². The van der Waals surface area contributed by atoms with Gasteiger partial charge in [0.2, 0.25) is 0 Å². The van der Waals surface area contributed by atoms with Crippen molar-refractivity contribution in [3.63, 3.8) is 0 Å². The fraction of sp³-hybridized carbons (Fsp3) is 0.429. The van der Waals surface area contributed by atoms with Crippen LogP contribution in [0, 0.1) is 0 Å². The first-order valence-corrected chi connectivity index (χ1v) is 15.1. The van der Waals surface area contributed by atoms with E-state index in [0.717, 1.165) is 16.5 Å². The molecule has 1 fully saturated rings. The zero-order chi connectivity index (χ0) is 33.4. The van der Waals surface area contributed by atoms with Gasteiger partial charge in [-0.15, -0.1) is 0 Å². The number of aliphatic hydroxyl groups is 1. The predicted molar refractivity (Wildman–Crippen MR) is 166 cm³/mol. The van der Waals surface area contributed by atoms with Gasteiger partial charge in [0, 0.05) is 18.7 Å². The van der Waals surface area contributed by atoms with Crippen molar-refractivity contribution in [2.45, 2.75) is 75.7 Å². The number of carbonyl (C=O) groups is 2. The fourth-order valence-corrected chi connectivity index (χ4v) is 6.48. The molecule has 0 aromatic heterocycles. The fourth-order valence-electron chi connectivity index (χ4n) is 6.48. The molecule has 4 unspecified atom stereocenters. The lowest BCUT2D eigenvalue weighted by molar-refractivity contribution is -0.146. The smallest absolute Gasteiger partial charge is 0.416 e. The Morgan fingerprint density at radius 1 is 1.00 bits per heavy atom. The molecule has 3 aromatic carbocycles. The van der Waals surface area contributed by atoms with E-state index in [1.54, 1.807) is 45.0 Å². The molecule has 46 heavy (non-hydrogen) atoms. The number of benzene rings is 3. The van der Waals surface area contributed by atoms with Crippen LogP contribution in [-0.4, -0.2) is 66.1 Å². The van der Waals surface area contributed by atoms with E-state index in [1.165, 1.54) is 31.2 Å². The minimum atomic E-state index is -4.71. The number of rotatable bonds is 6. The Morgan fingerprint density at radius 2 is 1.67 bits per heavy atom. The summed E-state index contributed by atoms with van der Waals surface area (Å²) in [7, 11) is 2.83. The molecular weight excluding hydrogens is 601 g/mol. The van der Waals surface area contributed by atoms with E-state index in [9.17, 15) is 27.9 Å². The van der Waals surface area contributed by atoms with E-state index in [1.807, 2.05) is 30.3 Å². The van der Waals surface area contributed by atoms with Crippen molar-refractivity contribution in [3.8, 4) is 5.75 Å². The Balaban J connectivity index is 1.64. The highest BCUT2D eigenvalue weighted by molar-refractivity contribution is 6.02. The third-order valence-corrected chi connectivity index (χ3v) is 8.65. The molecule has 2 heterocycles. The summed E-state index contributed by atoms with van der Waals surface area (Å²) in [5, 5.41) is 12.9. The van der Waals surface area contributed by atoms with Gasteiger partial charge in [0.15, 0.2) is 5.60 Å².